The van der Waals surface area contributed by atoms with Gasteiger partial charge in [-0.3, -0.25) is 0 Å². The fraction of sp³-hybridized carbons (Fsp3) is 0. The second kappa shape index (κ2) is 11.8. The smallest absolute Gasteiger partial charge is 0.822 e. The van der Waals surface area contributed by atoms with Gasteiger partial charge < -0.3 is 33.3 Å². The molecule has 0 saturated heterocycles. The van der Waals surface area contributed by atoms with Crippen molar-refractivity contribution in [3.63, 3.8) is 0 Å². The monoisotopic (exact) mass is 236 g/mol. The molecular weight excluding hydrogens is 235 g/mol. The first-order chi connectivity index (χ1) is 3.73. The Morgan fingerprint density at radius 3 is 1.27 bits per heavy atom. The van der Waals surface area contributed by atoms with E-state index in [1.807, 2.05) is 0 Å². The van der Waals surface area contributed by atoms with Gasteiger partial charge in [0, 0.05) is 0 Å². The molecule has 0 aliphatic carbocycles. The van der Waals surface area contributed by atoms with Crippen LogP contribution in [-0.4, -0.2) is 74.8 Å². The molecule has 11 heavy (non-hydrogen) atoms. The topological polar surface area (TPSA) is 147 Å². The fourth-order valence-corrected chi connectivity index (χ4v) is 0. The van der Waals surface area contributed by atoms with Crippen LogP contribution in [0.4, 0.5) is 0 Å². The van der Waals surface area contributed by atoms with E-state index in [2.05, 4.69) is 0 Å². The zero-order chi connectivity index (χ0) is 8.08. The number of hydrogen-bond acceptors (Lipinski definition) is 6. The van der Waals surface area contributed by atoms with Gasteiger partial charge in [-0.1, -0.05) is 0 Å². The van der Waals surface area contributed by atoms with Crippen LogP contribution in [0, 0.1) is 0 Å². The Labute approximate surface area is 110 Å². The molecule has 0 saturated carbocycles. The summed E-state index contributed by atoms with van der Waals surface area (Å²) < 4.78 is 17.2. The van der Waals surface area contributed by atoms with Crippen LogP contribution in [0.15, 0.2) is 0 Å². The van der Waals surface area contributed by atoms with Crippen LogP contribution in [0.5, 0.6) is 0 Å². The second-order valence-electron chi connectivity index (χ2n) is 0.713. The standard InChI is InChI=1S/Ca.Mg.H3O4P.HO3Si/c;;1-5(2,3)4;1-4(2)3/h;;(H3,1,2,3,4);1H/q2*+2;;-1/p-3. The first kappa shape index (κ1) is 23.0. The van der Waals surface area contributed by atoms with E-state index in [4.69, 9.17) is 33.3 Å². The molecule has 7 nitrogen and oxygen atoms in total. The average Bonchev–Trinajstić information content (AvgIpc) is 1.19. The minimum Gasteiger partial charge on any atom is -0.822 e. The van der Waals surface area contributed by atoms with Gasteiger partial charge >= 0.3 is 70.0 Å². The van der Waals surface area contributed by atoms with Gasteiger partial charge in [0.15, 0.2) is 0 Å². The van der Waals surface area contributed by atoms with Gasteiger partial charge in [0.2, 0.25) is 0 Å². The van der Waals surface area contributed by atoms with Gasteiger partial charge in [0.05, 0.1) is 0 Å². The summed E-state index contributed by atoms with van der Waals surface area (Å²) in [6, 6.07) is 0. The third kappa shape index (κ3) is 364. The summed E-state index contributed by atoms with van der Waals surface area (Å²) in [7, 11) is -8.77. The maximum Gasteiger partial charge on any atom is 2.00 e. The normalized spacial score (nSPS) is 7.55. The van der Waals surface area contributed by atoms with Crippen molar-refractivity contribution in [1.82, 2.24) is 0 Å². The number of hydrogen-bond donors (Lipinski definition) is 1. The molecule has 0 aliphatic heterocycles. The molecule has 0 rings (SSSR count). The molecule has 0 aromatic rings. The Kier molecular flexibility index (Phi) is 24.6. The summed E-state index contributed by atoms with van der Waals surface area (Å²) in [5.41, 5.74) is 0. The molecular formula is HCaMgO7PSi. The largest absolute Gasteiger partial charge is 2.00 e. The van der Waals surface area contributed by atoms with Crippen LogP contribution < -0.4 is 19.5 Å². The molecule has 1 N–H and O–H groups in total. The quantitative estimate of drug-likeness (QED) is 0.325. The van der Waals surface area contributed by atoms with E-state index in [0.29, 0.717) is 0 Å². The molecule has 0 bridgehead atoms. The number of phosphoric acid groups is 1. The van der Waals surface area contributed by atoms with Crippen LogP contribution in [0.25, 0.3) is 0 Å². The number of rotatable bonds is 0. The Morgan fingerprint density at radius 1 is 1.27 bits per heavy atom. The minimum atomic E-state index is -5.39. The molecule has 0 aliphatic rings. The Morgan fingerprint density at radius 2 is 1.27 bits per heavy atom. The zero-order valence-corrected chi connectivity index (χ0v) is 10.8. The molecule has 0 atom stereocenters. The predicted octanol–water partition coefficient (Wildman–Crippen LogP) is -5.83. The molecule has 0 aromatic heterocycles. The van der Waals surface area contributed by atoms with E-state index in [9.17, 15) is 0 Å². The van der Waals surface area contributed by atoms with Gasteiger partial charge in [-0.25, -0.2) is 0 Å². The van der Waals surface area contributed by atoms with Crippen molar-refractivity contribution in [2.45, 2.75) is 0 Å². The Balaban J connectivity index is -0.0000000383. The van der Waals surface area contributed by atoms with Crippen molar-refractivity contribution in [2.75, 3.05) is 0 Å². The molecule has 56 valence electrons. The van der Waals surface area contributed by atoms with Crippen molar-refractivity contribution in [1.29, 1.82) is 0 Å². The average molecular weight is 236 g/mol. The van der Waals surface area contributed by atoms with Crippen molar-refractivity contribution < 1.29 is 33.3 Å². The molecule has 0 heterocycles. The third-order valence-corrected chi connectivity index (χ3v) is 0. The van der Waals surface area contributed by atoms with E-state index in [0.717, 1.165) is 0 Å². The molecule has 0 aromatic carbocycles. The molecule has 0 amide bonds. The van der Waals surface area contributed by atoms with Gasteiger partial charge in [-0.15, -0.1) is 0 Å². The van der Waals surface area contributed by atoms with Gasteiger partial charge in [0.25, 0.3) is 0 Å². The maximum absolute atomic E-state index is 8.63. The summed E-state index contributed by atoms with van der Waals surface area (Å²) in [5.74, 6) is 0. The second-order valence-corrected chi connectivity index (χ2v) is 2.14. The maximum atomic E-state index is 8.63. The van der Waals surface area contributed by atoms with Gasteiger partial charge in [0.1, 0.15) is 0 Å². The van der Waals surface area contributed by atoms with E-state index >= 15 is 0 Å². The SMILES string of the molecule is O=P([O-])([O-])[O-].O=[Si]([O-])O.[Ca+2].[Mg+2]. The van der Waals surface area contributed by atoms with Crippen LogP contribution in [0.1, 0.15) is 0 Å². The summed E-state index contributed by atoms with van der Waals surface area (Å²) in [6.45, 7) is 0. The molecule has 0 fully saturated rings. The summed E-state index contributed by atoms with van der Waals surface area (Å²) in [6.07, 6.45) is 0. The van der Waals surface area contributed by atoms with Crippen LogP contribution >= 0.6 is 7.82 Å². The predicted molar refractivity (Wildman–Crippen MR) is 27.8 cm³/mol. The van der Waals surface area contributed by atoms with Crippen molar-refractivity contribution in [2.24, 2.45) is 0 Å². The first-order valence-electron chi connectivity index (χ1n) is 1.36. The van der Waals surface area contributed by atoms with E-state index in [1.54, 1.807) is 0 Å². The zero-order valence-electron chi connectivity index (χ0n) is 5.26. The Hall–Kier alpha value is 1.75. The summed E-state index contributed by atoms with van der Waals surface area (Å²) in [4.78, 5) is 41.3. The summed E-state index contributed by atoms with van der Waals surface area (Å²) >= 11 is 0. The Bertz CT molecular complexity index is 118. The minimum absolute atomic E-state index is 0. The van der Waals surface area contributed by atoms with Gasteiger partial charge in [-0.2, -0.15) is 7.82 Å². The molecule has 0 radical (unpaired) electrons. The first-order valence-corrected chi connectivity index (χ1v) is 4.09. The van der Waals surface area contributed by atoms with E-state index in [-0.39, 0.29) is 60.8 Å². The molecule has 0 unspecified atom stereocenters. The van der Waals surface area contributed by atoms with Crippen LogP contribution in [-0.2, 0) is 9.03 Å². The van der Waals surface area contributed by atoms with Crippen molar-refractivity contribution in [3.05, 3.63) is 0 Å². The third-order valence-electron chi connectivity index (χ3n) is 0. The van der Waals surface area contributed by atoms with Crippen molar-refractivity contribution >= 4 is 77.8 Å². The molecule has 11 heteroatoms. The van der Waals surface area contributed by atoms with Crippen LogP contribution in [0.2, 0.25) is 0 Å². The molecule has 0 spiro atoms. The van der Waals surface area contributed by atoms with E-state index < -0.39 is 17.0 Å². The van der Waals surface area contributed by atoms with Crippen molar-refractivity contribution in [3.8, 4) is 0 Å². The summed E-state index contributed by atoms with van der Waals surface area (Å²) in [5, 5.41) is 0. The fourth-order valence-electron chi connectivity index (χ4n) is 0. The van der Waals surface area contributed by atoms with Gasteiger partial charge in [-0.05, 0) is 0 Å². The van der Waals surface area contributed by atoms with E-state index in [1.165, 1.54) is 0 Å². The van der Waals surface area contributed by atoms with Crippen LogP contribution in [0.3, 0.4) is 0 Å².